The molecule has 1 saturated heterocycles. The number of anilines is 1. The first-order chi connectivity index (χ1) is 17.1. The zero-order valence-electron chi connectivity index (χ0n) is 18.9. The molecule has 2 aromatic heterocycles. The number of benzene rings is 2. The molecule has 2 aromatic carbocycles. The summed E-state index contributed by atoms with van der Waals surface area (Å²) in [7, 11) is 0. The molecule has 0 aliphatic carbocycles. The normalized spacial score (nSPS) is 17.3. The quantitative estimate of drug-likeness (QED) is 0.214. The summed E-state index contributed by atoms with van der Waals surface area (Å²) < 4.78 is 7.57. The number of rotatable bonds is 7. The van der Waals surface area contributed by atoms with Crippen LogP contribution >= 0.6 is 12.2 Å². The van der Waals surface area contributed by atoms with Gasteiger partial charge in [-0.3, -0.25) is 15.1 Å². The highest BCUT2D eigenvalue weighted by atomic mass is 32.1. The van der Waals surface area contributed by atoms with Crippen LogP contribution in [0.15, 0.2) is 91.3 Å². The number of nitrogens with zero attached hydrogens (tertiary/aromatic N) is 4. The predicted octanol–water partition coefficient (Wildman–Crippen LogP) is 5.36. The van der Waals surface area contributed by atoms with Crippen molar-refractivity contribution in [2.45, 2.75) is 19.0 Å². The SMILES string of the molecule is CCOc1ccc(N2C(=S)N[C@@H](c3ccccn3)[C@@H]2c2cccn2-c2cccc([N+](=O)[O-])c2)cc1. The second kappa shape index (κ2) is 9.55. The number of hydrogen-bond acceptors (Lipinski definition) is 5. The van der Waals surface area contributed by atoms with Gasteiger partial charge in [0.1, 0.15) is 11.8 Å². The molecule has 0 bridgehead atoms. The predicted molar refractivity (Wildman–Crippen MR) is 138 cm³/mol. The number of thiocarbonyl (C=S) groups is 1. The minimum absolute atomic E-state index is 0.0341. The molecule has 176 valence electrons. The van der Waals surface area contributed by atoms with Crippen LogP contribution in [0.1, 0.15) is 30.4 Å². The molecule has 5 rings (SSSR count). The van der Waals surface area contributed by atoms with E-state index in [-0.39, 0.29) is 22.7 Å². The zero-order chi connectivity index (χ0) is 24.4. The molecular formula is C26H23N5O3S. The number of nitro benzene ring substituents is 1. The molecule has 1 N–H and O–H groups in total. The summed E-state index contributed by atoms with van der Waals surface area (Å²) >= 11 is 5.81. The van der Waals surface area contributed by atoms with E-state index in [9.17, 15) is 10.1 Å². The van der Waals surface area contributed by atoms with E-state index in [0.29, 0.717) is 17.4 Å². The summed E-state index contributed by atoms with van der Waals surface area (Å²) in [5, 5.41) is 15.4. The molecule has 8 nitrogen and oxygen atoms in total. The standard InChI is InChI=1S/C26H23N5O3S/c1-2-34-21-13-11-18(12-14-21)30-25(24(28-26(30)35)22-9-3-4-15-27-22)23-10-6-16-29(23)19-7-5-8-20(17-19)31(32)33/h3-17,24-25H,2H2,1H3,(H,28,35)/t24-,25-/m0/s1. The molecular weight excluding hydrogens is 462 g/mol. The molecule has 3 heterocycles. The van der Waals surface area contributed by atoms with Crippen molar-refractivity contribution >= 4 is 28.7 Å². The summed E-state index contributed by atoms with van der Waals surface area (Å²) in [6.07, 6.45) is 3.66. The third-order valence-corrected chi connectivity index (χ3v) is 6.24. The Balaban J connectivity index is 1.63. The smallest absolute Gasteiger partial charge is 0.271 e. The Kier molecular flexibility index (Phi) is 6.15. The van der Waals surface area contributed by atoms with Crippen molar-refractivity contribution in [1.82, 2.24) is 14.9 Å². The molecule has 2 atom stereocenters. The molecule has 9 heteroatoms. The summed E-state index contributed by atoms with van der Waals surface area (Å²) in [6, 6.07) is 23.6. The fraction of sp³-hybridized carbons (Fsp3) is 0.154. The lowest BCUT2D eigenvalue weighted by Crippen LogP contribution is -2.30. The van der Waals surface area contributed by atoms with Crippen LogP contribution in [0.3, 0.4) is 0 Å². The van der Waals surface area contributed by atoms with Gasteiger partial charge in [-0.15, -0.1) is 0 Å². The Bertz CT molecular complexity index is 1360. The van der Waals surface area contributed by atoms with Gasteiger partial charge in [-0.1, -0.05) is 12.1 Å². The highest BCUT2D eigenvalue weighted by Crippen LogP contribution is 2.42. The van der Waals surface area contributed by atoms with Gasteiger partial charge in [-0.05, 0) is 73.7 Å². The second-order valence-electron chi connectivity index (χ2n) is 8.00. The van der Waals surface area contributed by atoms with Crippen molar-refractivity contribution < 1.29 is 9.66 Å². The molecule has 0 spiro atoms. The maximum absolute atomic E-state index is 11.4. The lowest BCUT2D eigenvalue weighted by molar-refractivity contribution is -0.384. The van der Waals surface area contributed by atoms with E-state index in [1.54, 1.807) is 18.3 Å². The minimum Gasteiger partial charge on any atom is -0.494 e. The van der Waals surface area contributed by atoms with E-state index >= 15 is 0 Å². The fourth-order valence-corrected chi connectivity index (χ4v) is 4.78. The Morgan fingerprint density at radius 2 is 1.89 bits per heavy atom. The Labute approximate surface area is 207 Å². The summed E-state index contributed by atoms with van der Waals surface area (Å²) in [4.78, 5) is 17.7. The van der Waals surface area contributed by atoms with Crippen LogP contribution in [0.2, 0.25) is 0 Å². The summed E-state index contributed by atoms with van der Waals surface area (Å²) in [5.74, 6) is 0.784. The molecule has 1 fully saturated rings. The van der Waals surface area contributed by atoms with E-state index in [1.807, 2.05) is 78.4 Å². The average Bonchev–Trinajstić information content (AvgIpc) is 3.50. The molecule has 35 heavy (non-hydrogen) atoms. The average molecular weight is 486 g/mol. The van der Waals surface area contributed by atoms with E-state index in [4.69, 9.17) is 17.0 Å². The number of nitro groups is 1. The van der Waals surface area contributed by atoms with Crippen molar-refractivity contribution in [3.05, 3.63) is 113 Å². The van der Waals surface area contributed by atoms with Gasteiger partial charge in [-0.25, -0.2) is 0 Å². The Hall–Kier alpha value is -4.24. The van der Waals surface area contributed by atoms with Gasteiger partial charge in [0, 0.05) is 35.9 Å². The first-order valence-corrected chi connectivity index (χ1v) is 11.6. The molecule has 1 aliphatic heterocycles. The maximum atomic E-state index is 11.4. The van der Waals surface area contributed by atoms with Gasteiger partial charge < -0.3 is 19.5 Å². The van der Waals surface area contributed by atoms with Crippen LogP contribution in [-0.2, 0) is 0 Å². The first-order valence-electron chi connectivity index (χ1n) is 11.2. The summed E-state index contributed by atoms with van der Waals surface area (Å²) in [6.45, 7) is 2.53. The Morgan fingerprint density at radius 3 is 2.60 bits per heavy atom. The highest BCUT2D eigenvalue weighted by Gasteiger charge is 2.42. The van der Waals surface area contributed by atoms with Crippen LogP contribution in [0, 0.1) is 10.1 Å². The molecule has 0 radical (unpaired) electrons. The molecule has 0 unspecified atom stereocenters. The van der Waals surface area contributed by atoms with Gasteiger partial charge in [0.2, 0.25) is 0 Å². The van der Waals surface area contributed by atoms with Crippen LogP contribution in [0.4, 0.5) is 11.4 Å². The van der Waals surface area contributed by atoms with E-state index in [0.717, 1.165) is 22.8 Å². The molecule has 4 aromatic rings. The van der Waals surface area contributed by atoms with E-state index < -0.39 is 0 Å². The minimum atomic E-state index is -0.387. The molecule has 0 amide bonds. The highest BCUT2D eigenvalue weighted by molar-refractivity contribution is 7.80. The zero-order valence-corrected chi connectivity index (χ0v) is 19.8. The van der Waals surface area contributed by atoms with Crippen LogP contribution in [0.25, 0.3) is 5.69 Å². The van der Waals surface area contributed by atoms with Crippen LogP contribution in [0.5, 0.6) is 5.75 Å². The second-order valence-corrected chi connectivity index (χ2v) is 8.39. The van der Waals surface area contributed by atoms with Crippen molar-refractivity contribution in [3.8, 4) is 11.4 Å². The van der Waals surface area contributed by atoms with Gasteiger partial charge in [0.25, 0.3) is 5.69 Å². The molecule has 0 saturated carbocycles. The van der Waals surface area contributed by atoms with Crippen molar-refractivity contribution in [2.75, 3.05) is 11.5 Å². The summed E-state index contributed by atoms with van der Waals surface area (Å²) in [5.41, 5.74) is 3.40. The van der Waals surface area contributed by atoms with E-state index in [1.165, 1.54) is 6.07 Å². The van der Waals surface area contributed by atoms with Crippen LogP contribution in [-0.4, -0.2) is 26.2 Å². The maximum Gasteiger partial charge on any atom is 0.271 e. The number of pyridine rings is 1. The van der Waals surface area contributed by atoms with E-state index in [2.05, 4.69) is 15.2 Å². The first kappa shape index (κ1) is 22.5. The largest absolute Gasteiger partial charge is 0.494 e. The van der Waals surface area contributed by atoms with Gasteiger partial charge in [-0.2, -0.15) is 0 Å². The number of aromatic nitrogens is 2. The lowest BCUT2D eigenvalue weighted by atomic mass is 10.0. The van der Waals surface area contributed by atoms with Crippen molar-refractivity contribution in [1.29, 1.82) is 0 Å². The molecule has 1 aliphatic rings. The monoisotopic (exact) mass is 485 g/mol. The Morgan fingerprint density at radius 1 is 1.06 bits per heavy atom. The van der Waals surface area contributed by atoms with Gasteiger partial charge in [0.05, 0.1) is 29.0 Å². The third-order valence-electron chi connectivity index (χ3n) is 5.93. The fourth-order valence-electron chi connectivity index (χ4n) is 4.43. The van der Waals surface area contributed by atoms with Gasteiger partial charge in [0.15, 0.2) is 5.11 Å². The third kappa shape index (κ3) is 4.33. The number of nitrogens with one attached hydrogen (secondary N) is 1. The van der Waals surface area contributed by atoms with Gasteiger partial charge >= 0.3 is 0 Å². The lowest BCUT2D eigenvalue weighted by Gasteiger charge is -2.29. The topological polar surface area (TPSA) is 85.5 Å². The number of ether oxygens (including phenoxy) is 1. The van der Waals surface area contributed by atoms with Crippen molar-refractivity contribution in [2.24, 2.45) is 0 Å². The van der Waals surface area contributed by atoms with Crippen molar-refractivity contribution in [3.63, 3.8) is 0 Å². The van der Waals surface area contributed by atoms with Crippen LogP contribution < -0.4 is 15.0 Å². The number of non-ortho nitro benzene ring substituents is 1. The number of hydrogen-bond donors (Lipinski definition) is 1.